The summed E-state index contributed by atoms with van der Waals surface area (Å²) in [5, 5.41) is 9.08. The summed E-state index contributed by atoms with van der Waals surface area (Å²) in [5.41, 5.74) is 2.56. The Morgan fingerprint density at radius 2 is 2.25 bits per heavy atom. The predicted molar refractivity (Wildman–Crippen MR) is 62.1 cm³/mol. The number of hydrogen-bond donors (Lipinski definition) is 0. The van der Waals surface area contributed by atoms with Crippen molar-refractivity contribution in [2.24, 2.45) is 0 Å². The normalized spacial score (nSPS) is 14.5. The molecule has 0 spiro atoms. The highest BCUT2D eigenvalue weighted by Crippen LogP contribution is 2.31. The number of nitrogens with zero attached hydrogens (tertiary/aromatic N) is 2. The van der Waals surface area contributed by atoms with Gasteiger partial charge in [-0.25, -0.2) is 0 Å². The van der Waals surface area contributed by atoms with Crippen LogP contribution < -0.4 is 4.90 Å². The molecule has 0 radical (unpaired) electrons. The van der Waals surface area contributed by atoms with E-state index >= 15 is 0 Å². The van der Waals surface area contributed by atoms with Crippen LogP contribution in [0, 0.1) is 11.3 Å². The number of para-hydroxylation sites is 1. The first-order valence-corrected chi connectivity index (χ1v) is 5.60. The van der Waals surface area contributed by atoms with Crippen molar-refractivity contribution in [1.29, 1.82) is 5.26 Å². The third kappa shape index (κ3) is 1.67. The molecular weight excluding hydrogens is 200 g/mol. The summed E-state index contributed by atoms with van der Waals surface area (Å²) in [4.78, 5) is 13.6. The molecule has 1 aromatic carbocycles. The van der Waals surface area contributed by atoms with Crippen molar-refractivity contribution in [3.63, 3.8) is 0 Å². The van der Waals surface area contributed by atoms with Crippen LogP contribution in [0.4, 0.5) is 5.69 Å². The number of fused-ring (bicyclic) bond motifs is 1. The smallest absolute Gasteiger partial charge is 0.227 e. The van der Waals surface area contributed by atoms with Gasteiger partial charge in [0.05, 0.1) is 11.3 Å². The summed E-state index contributed by atoms with van der Waals surface area (Å²) < 4.78 is 0. The van der Waals surface area contributed by atoms with E-state index in [0.29, 0.717) is 18.5 Å². The van der Waals surface area contributed by atoms with E-state index in [2.05, 4.69) is 6.07 Å². The van der Waals surface area contributed by atoms with Crippen LogP contribution in [0.2, 0.25) is 0 Å². The van der Waals surface area contributed by atoms with Crippen LogP contribution >= 0.6 is 0 Å². The minimum absolute atomic E-state index is 0.136. The quantitative estimate of drug-likeness (QED) is 0.757. The molecule has 16 heavy (non-hydrogen) atoms. The van der Waals surface area contributed by atoms with Crippen molar-refractivity contribution < 1.29 is 4.79 Å². The highest BCUT2D eigenvalue weighted by Gasteiger charge is 2.25. The van der Waals surface area contributed by atoms with Gasteiger partial charge in [-0.15, -0.1) is 0 Å². The van der Waals surface area contributed by atoms with Gasteiger partial charge >= 0.3 is 0 Å². The molecule has 0 N–H and O–H groups in total. The molecule has 1 amide bonds. The van der Waals surface area contributed by atoms with E-state index in [-0.39, 0.29) is 5.91 Å². The first-order chi connectivity index (χ1) is 7.77. The zero-order chi connectivity index (χ0) is 11.5. The number of hydrogen-bond acceptors (Lipinski definition) is 2. The summed E-state index contributed by atoms with van der Waals surface area (Å²) in [6.45, 7) is 2.74. The van der Waals surface area contributed by atoms with Crippen molar-refractivity contribution >= 4 is 11.6 Å². The van der Waals surface area contributed by atoms with Gasteiger partial charge in [-0.2, -0.15) is 5.26 Å². The molecule has 3 heteroatoms. The molecule has 1 heterocycles. The summed E-state index contributed by atoms with van der Waals surface area (Å²) >= 11 is 0. The van der Waals surface area contributed by atoms with E-state index < -0.39 is 0 Å². The Bertz CT molecular complexity index is 459. The third-order valence-electron chi connectivity index (χ3n) is 2.87. The van der Waals surface area contributed by atoms with Crippen molar-refractivity contribution in [2.45, 2.75) is 26.2 Å². The Labute approximate surface area is 95.3 Å². The highest BCUT2D eigenvalue weighted by molar-refractivity contribution is 5.97. The lowest BCUT2D eigenvalue weighted by Crippen LogP contribution is -2.36. The second-order valence-corrected chi connectivity index (χ2v) is 3.97. The van der Waals surface area contributed by atoms with Crippen molar-refractivity contribution in [3.8, 4) is 6.07 Å². The number of anilines is 1. The SMILES string of the molecule is CCCN1C(=O)CCc2cccc(C#N)c21. The van der Waals surface area contributed by atoms with E-state index in [4.69, 9.17) is 5.26 Å². The van der Waals surface area contributed by atoms with Gasteiger partial charge in [-0.1, -0.05) is 19.1 Å². The number of nitriles is 1. The fraction of sp³-hybridized carbons (Fsp3) is 0.385. The van der Waals surface area contributed by atoms with Gasteiger partial charge in [-0.05, 0) is 24.5 Å². The first-order valence-electron chi connectivity index (χ1n) is 5.60. The van der Waals surface area contributed by atoms with E-state index in [1.807, 2.05) is 19.1 Å². The summed E-state index contributed by atoms with van der Waals surface area (Å²) in [6.07, 6.45) is 2.22. The van der Waals surface area contributed by atoms with Gasteiger partial charge in [0.2, 0.25) is 5.91 Å². The predicted octanol–water partition coefficient (Wildman–Crippen LogP) is 2.25. The largest absolute Gasteiger partial charge is 0.311 e. The number of carbonyl (C=O) groups excluding carboxylic acids is 1. The van der Waals surface area contributed by atoms with Crippen molar-refractivity contribution in [1.82, 2.24) is 0 Å². The van der Waals surface area contributed by atoms with Crippen LogP contribution in [0.15, 0.2) is 18.2 Å². The van der Waals surface area contributed by atoms with Gasteiger partial charge in [0.15, 0.2) is 0 Å². The van der Waals surface area contributed by atoms with Crippen LogP contribution in [-0.2, 0) is 11.2 Å². The zero-order valence-corrected chi connectivity index (χ0v) is 9.36. The zero-order valence-electron chi connectivity index (χ0n) is 9.36. The van der Waals surface area contributed by atoms with Crippen LogP contribution in [0.25, 0.3) is 0 Å². The molecule has 2 rings (SSSR count). The van der Waals surface area contributed by atoms with Gasteiger partial charge in [0.25, 0.3) is 0 Å². The molecular formula is C13H14N2O. The molecule has 0 atom stereocenters. The third-order valence-corrected chi connectivity index (χ3v) is 2.87. The Hall–Kier alpha value is -1.82. The Morgan fingerprint density at radius 1 is 1.44 bits per heavy atom. The Balaban J connectivity index is 2.52. The monoisotopic (exact) mass is 214 g/mol. The maximum Gasteiger partial charge on any atom is 0.227 e. The molecule has 1 aromatic rings. The number of carbonyl (C=O) groups is 1. The Kier molecular flexibility index (Phi) is 2.91. The average molecular weight is 214 g/mol. The van der Waals surface area contributed by atoms with E-state index in [0.717, 1.165) is 24.1 Å². The topological polar surface area (TPSA) is 44.1 Å². The average Bonchev–Trinajstić information content (AvgIpc) is 2.32. The van der Waals surface area contributed by atoms with Crippen LogP contribution in [0.3, 0.4) is 0 Å². The van der Waals surface area contributed by atoms with Crippen molar-refractivity contribution in [2.75, 3.05) is 11.4 Å². The number of benzene rings is 1. The lowest BCUT2D eigenvalue weighted by molar-refractivity contribution is -0.118. The minimum Gasteiger partial charge on any atom is -0.311 e. The molecule has 0 bridgehead atoms. The molecule has 0 unspecified atom stereocenters. The number of aryl methyl sites for hydroxylation is 1. The second-order valence-electron chi connectivity index (χ2n) is 3.97. The molecule has 0 fully saturated rings. The maximum absolute atomic E-state index is 11.8. The standard InChI is InChI=1S/C13H14N2O/c1-2-8-15-12(16)7-6-10-4-3-5-11(9-14)13(10)15/h3-5H,2,6-8H2,1H3. The van der Waals surface area contributed by atoms with Gasteiger partial charge < -0.3 is 4.90 Å². The maximum atomic E-state index is 11.8. The Morgan fingerprint density at radius 3 is 2.94 bits per heavy atom. The van der Waals surface area contributed by atoms with Crippen molar-refractivity contribution in [3.05, 3.63) is 29.3 Å². The van der Waals surface area contributed by atoms with E-state index in [1.165, 1.54) is 0 Å². The van der Waals surface area contributed by atoms with Gasteiger partial charge in [0, 0.05) is 13.0 Å². The molecule has 0 aromatic heterocycles. The highest BCUT2D eigenvalue weighted by atomic mass is 16.2. The summed E-state index contributed by atoms with van der Waals surface area (Å²) in [6, 6.07) is 7.84. The molecule has 0 saturated heterocycles. The van der Waals surface area contributed by atoms with Crippen LogP contribution in [0.5, 0.6) is 0 Å². The summed E-state index contributed by atoms with van der Waals surface area (Å²) in [7, 11) is 0. The number of rotatable bonds is 2. The summed E-state index contributed by atoms with van der Waals surface area (Å²) in [5.74, 6) is 0.136. The van der Waals surface area contributed by atoms with Gasteiger partial charge in [0.1, 0.15) is 6.07 Å². The lowest BCUT2D eigenvalue weighted by Gasteiger charge is -2.29. The van der Waals surface area contributed by atoms with Crippen LogP contribution in [0.1, 0.15) is 30.9 Å². The lowest BCUT2D eigenvalue weighted by atomic mass is 9.97. The fourth-order valence-corrected chi connectivity index (χ4v) is 2.16. The van der Waals surface area contributed by atoms with E-state index in [1.54, 1.807) is 11.0 Å². The minimum atomic E-state index is 0.136. The number of amides is 1. The van der Waals surface area contributed by atoms with Gasteiger partial charge in [-0.3, -0.25) is 4.79 Å². The van der Waals surface area contributed by atoms with Crippen LogP contribution in [-0.4, -0.2) is 12.5 Å². The molecule has 0 saturated carbocycles. The van der Waals surface area contributed by atoms with E-state index in [9.17, 15) is 4.79 Å². The molecule has 0 aliphatic carbocycles. The molecule has 1 aliphatic rings. The fourth-order valence-electron chi connectivity index (χ4n) is 2.16. The molecule has 3 nitrogen and oxygen atoms in total. The molecule has 1 aliphatic heterocycles. The first kappa shape index (κ1) is 10.7. The second kappa shape index (κ2) is 4.36. The molecule has 82 valence electrons.